The molecule has 0 aliphatic heterocycles. The maximum atomic E-state index is 12.5. The molecule has 16 heavy (non-hydrogen) atoms. The van der Waals surface area contributed by atoms with Crippen LogP contribution in [0.25, 0.3) is 0 Å². The highest BCUT2D eigenvalue weighted by Gasteiger charge is 2.31. The van der Waals surface area contributed by atoms with Gasteiger partial charge in [-0.05, 0) is 46.4 Å². The highest BCUT2D eigenvalue weighted by Crippen LogP contribution is 2.31. The average Bonchev–Trinajstić information content (AvgIpc) is 2.15. The Hall–Kier alpha value is -0.110. The molecule has 0 atom stereocenters. The van der Waals surface area contributed by atoms with Crippen LogP contribution in [0, 0.1) is 3.57 Å². The van der Waals surface area contributed by atoms with Crippen LogP contribution in [-0.2, 0) is 17.4 Å². The molecule has 0 aromatic heterocycles. The van der Waals surface area contributed by atoms with Gasteiger partial charge >= 0.3 is 6.18 Å². The van der Waals surface area contributed by atoms with E-state index in [4.69, 9.17) is 0 Å². The predicted molar refractivity (Wildman–Crippen MR) is 66.7 cm³/mol. The van der Waals surface area contributed by atoms with Crippen LogP contribution in [0.2, 0.25) is 0 Å². The van der Waals surface area contributed by atoms with Gasteiger partial charge in [0.2, 0.25) is 0 Å². The highest BCUT2D eigenvalue weighted by molar-refractivity contribution is 14.1. The minimum Gasteiger partial charge on any atom is -0.298 e. The van der Waals surface area contributed by atoms with E-state index in [0.717, 1.165) is 12.1 Å². The predicted octanol–water partition coefficient (Wildman–Crippen LogP) is 3.82. The molecule has 0 spiro atoms. The van der Waals surface area contributed by atoms with Crippen molar-refractivity contribution in [1.29, 1.82) is 0 Å². The first-order chi connectivity index (χ1) is 7.32. The first-order valence-electron chi connectivity index (χ1n) is 4.27. The van der Waals surface area contributed by atoms with Crippen molar-refractivity contribution in [2.75, 3.05) is 5.33 Å². The van der Waals surface area contributed by atoms with Crippen molar-refractivity contribution in [3.8, 4) is 0 Å². The second-order valence-electron chi connectivity index (χ2n) is 3.19. The molecule has 88 valence electrons. The molecular formula is C10H7BrF3IO. The molecule has 1 aromatic rings. The van der Waals surface area contributed by atoms with Gasteiger partial charge < -0.3 is 0 Å². The summed E-state index contributed by atoms with van der Waals surface area (Å²) in [5.41, 5.74) is -0.319. The Morgan fingerprint density at radius 3 is 2.44 bits per heavy atom. The Balaban J connectivity index is 3.04. The fourth-order valence-corrected chi connectivity index (χ4v) is 2.12. The van der Waals surface area contributed by atoms with Gasteiger partial charge in [-0.25, -0.2) is 0 Å². The highest BCUT2D eigenvalue weighted by atomic mass is 127. The van der Waals surface area contributed by atoms with E-state index in [1.54, 1.807) is 28.7 Å². The zero-order valence-electron chi connectivity index (χ0n) is 7.94. The summed E-state index contributed by atoms with van der Waals surface area (Å²) in [5.74, 6) is -0.143. The Bertz CT molecular complexity index is 404. The second-order valence-corrected chi connectivity index (χ2v) is 5.00. The second kappa shape index (κ2) is 5.48. The number of alkyl halides is 4. The third kappa shape index (κ3) is 4.04. The maximum Gasteiger partial charge on any atom is 0.416 e. The third-order valence-electron chi connectivity index (χ3n) is 1.84. The molecule has 0 saturated carbocycles. The fraction of sp³-hybridized carbons (Fsp3) is 0.300. The van der Waals surface area contributed by atoms with Crippen LogP contribution in [0.15, 0.2) is 18.2 Å². The normalized spacial score (nSPS) is 11.6. The Kier molecular flexibility index (Phi) is 4.78. The molecule has 0 amide bonds. The summed E-state index contributed by atoms with van der Waals surface area (Å²) in [7, 11) is 0. The monoisotopic (exact) mass is 406 g/mol. The van der Waals surface area contributed by atoms with Gasteiger partial charge in [0.25, 0.3) is 0 Å². The van der Waals surface area contributed by atoms with Crippen LogP contribution in [0.1, 0.15) is 11.1 Å². The van der Waals surface area contributed by atoms with Crippen LogP contribution in [0.3, 0.4) is 0 Å². The number of halogens is 5. The number of ketones is 1. The number of benzene rings is 1. The van der Waals surface area contributed by atoms with E-state index in [1.807, 2.05) is 0 Å². The number of carbonyl (C=O) groups excluding carboxylic acids is 1. The van der Waals surface area contributed by atoms with Crippen molar-refractivity contribution in [2.45, 2.75) is 12.6 Å². The summed E-state index contributed by atoms with van der Waals surface area (Å²) < 4.78 is 37.9. The largest absolute Gasteiger partial charge is 0.416 e. The smallest absolute Gasteiger partial charge is 0.298 e. The Morgan fingerprint density at radius 1 is 1.31 bits per heavy atom. The summed E-state index contributed by atoms with van der Waals surface area (Å²) in [5, 5.41) is 0.153. The molecule has 0 saturated heterocycles. The fourth-order valence-electron chi connectivity index (χ4n) is 1.19. The number of Topliss-reactive ketones (excluding diaryl/α,β-unsaturated/α-hetero) is 1. The first kappa shape index (κ1) is 14.0. The van der Waals surface area contributed by atoms with Crippen molar-refractivity contribution in [2.24, 2.45) is 0 Å². The van der Waals surface area contributed by atoms with Gasteiger partial charge in [-0.15, -0.1) is 0 Å². The van der Waals surface area contributed by atoms with Crippen LogP contribution < -0.4 is 0 Å². The van der Waals surface area contributed by atoms with Crippen molar-refractivity contribution in [3.63, 3.8) is 0 Å². The number of rotatable bonds is 3. The van der Waals surface area contributed by atoms with Gasteiger partial charge in [0.15, 0.2) is 0 Å². The van der Waals surface area contributed by atoms with Crippen molar-refractivity contribution in [3.05, 3.63) is 32.9 Å². The van der Waals surface area contributed by atoms with E-state index in [2.05, 4.69) is 15.9 Å². The molecule has 0 aliphatic carbocycles. The molecule has 0 aliphatic rings. The van der Waals surface area contributed by atoms with Crippen LogP contribution in [0.4, 0.5) is 13.2 Å². The maximum absolute atomic E-state index is 12.5. The van der Waals surface area contributed by atoms with Crippen molar-refractivity contribution in [1.82, 2.24) is 0 Å². The number of hydrogen-bond donors (Lipinski definition) is 0. The Morgan fingerprint density at radius 2 is 1.94 bits per heavy atom. The molecule has 0 radical (unpaired) electrons. The van der Waals surface area contributed by atoms with Gasteiger partial charge in [0, 0.05) is 9.99 Å². The molecule has 1 nitrogen and oxygen atoms in total. The van der Waals surface area contributed by atoms with E-state index in [9.17, 15) is 18.0 Å². The van der Waals surface area contributed by atoms with Crippen molar-refractivity contribution >= 4 is 44.3 Å². The summed E-state index contributed by atoms with van der Waals surface area (Å²) >= 11 is 4.78. The third-order valence-corrected chi connectivity index (χ3v) is 3.08. The number of carbonyl (C=O) groups is 1. The van der Waals surface area contributed by atoms with Crippen LogP contribution in [0.5, 0.6) is 0 Å². The molecule has 0 heterocycles. The molecule has 0 unspecified atom stereocenters. The lowest BCUT2D eigenvalue weighted by Gasteiger charge is -2.09. The lowest BCUT2D eigenvalue weighted by Crippen LogP contribution is -2.09. The zero-order chi connectivity index (χ0) is 12.3. The Labute approximate surface area is 113 Å². The molecule has 0 bridgehead atoms. The molecule has 1 rings (SSSR count). The van der Waals surface area contributed by atoms with E-state index < -0.39 is 11.7 Å². The van der Waals surface area contributed by atoms with Gasteiger partial charge in [-0.3, -0.25) is 4.79 Å². The van der Waals surface area contributed by atoms with E-state index in [-0.39, 0.29) is 17.5 Å². The van der Waals surface area contributed by atoms with Gasteiger partial charge in [0.1, 0.15) is 5.78 Å². The van der Waals surface area contributed by atoms with Crippen LogP contribution >= 0.6 is 38.5 Å². The lowest BCUT2D eigenvalue weighted by atomic mass is 10.1. The first-order valence-corrected chi connectivity index (χ1v) is 6.47. The molecule has 0 fully saturated rings. The minimum atomic E-state index is -4.37. The molecule has 0 N–H and O–H groups in total. The summed E-state index contributed by atoms with van der Waals surface area (Å²) in [6.45, 7) is 0. The SMILES string of the molecule is O=C(CBr)Cc1cc(I)cc(C(F)(F)F)c1. The van der Waals surface area contributed by atoms with Crippen molar-refractivity contribution < 1.29 is 18.0 Å². The van der Waals surface area contributed by atoms with E-state index in [1.165, 1.54) is 0 Å². The summed E-state index contributed by atoms with van der Waals surface area (Å²) in [6, 6.07) is 3.65. The van der Waals surface area contributed by atoms with Gasteiger partial charge in [0.05, 0.1) is 10.9 Å². The molecular weight excluding hydrogens is 400 g/mol. The standard InChI is InChI=1S/C10H7BrF3IO/c11-5-9(16)3-6-1-7(10(12,13)14)4-8(15)2-6/h1-2,4H,3,5H2. The summed E-state index contributed by atoms with van der Waals surface area (Å²) in [4.78, 5) is 11.1. The van der Waals surface area contributed by atoms with Gasteiger partial charge in [-0.1, -0.05) is 15.9 Å². The number of hydrogen-bond acceptors (Lipinski definition) is 1. The van der Waals surface area contributed by atoms with E-state index in [0.29, 0.717) is 9.13 Å². The minimum absolute atomic E-state index is 0.0190. The topological polar surface area (TPSA) is 17.1 Å². The summed E-state index contributed by atoms with van der Waals surface area (Å²) in [6.07, 6.45) is -4.35. The molecule has 6 heteroatoms. The van der Waals surface area contributed by atoms with Gasteiger partial charge in [-0.2, -0.15) is 13.2 Å². The molecule has 1 aromatic carbocycles. The lowest BCUT2D eigenvalue weighted by molar-refractivity contribution is -0.137. The quantitative estimate of drug-likeness (QED) is 0.551. The average molecular weight is 407 g/mol. The zero-order valence-corrected chi connectivity index (χ0v) is 11.7. The van der Waals surface area contributed by atoms with Crippen LogP contribution in [-0.4, -0.2) is 11.1 Å². The van der Waals surface area contributed by atoms with E-state index >= 15 is 0 Å².